The van der Waals surface area contributed by atoms with Crippen molar-refractivity contribution < 1.29 is 14.3 Å². The largest absolute Gasteiger partial charge is 0.507 e. The van der Waals surface area contributed by atoms with Gasteiger partial charge in [0.05, 0.1) is 6.04 Å². The molecule has 2 N–H and O–H groups in total. The summed E-state index contributed by atoms with van der Waals surface area (Å²) in [6.45, 7) is 0.168. The van der Waals surface area contributed by atoms with E-state index in [1.165, 1.54) is 12.1 Å². The molecule has 0 spiro atoms. The Morgan fingerprint density at radius 1 is 1.06 bits per heavy atom. The Hall–Kier alpha value is -3.35. The number of aromatic amines is 1. The Kier molecular flexibility index (Phi) is 5.12. The summed E-state index contributed by atoms with van der Waals surface area (Å²) in [7, 11) is 0. The molecule has 4 aromatic rings. The molecular formula is C24H16Cl2FN3O2. The number of aromatic nitrogens is 2. The smallest absolute Gasteiger partial charge is 0.273 e. The predicted molar refractivity (Wildman–Crippen MR) is 120 cm³/mol. The molecule has 1 amide bonds. The van der Waals surface area contributed by atoms with E-state index in [4.69, 9.17) is 23.2 Å². The maximum atomic E-state index is 15.0. The van der Waals surface area contributed by atoms with Crippen molar-refractivity contribution in [1.82, 2.24) is 15.1 Å². The van der Waals surface area contributed by atoms with Gasteiger partial charge in [0.2, 0.25) is 0 Å². The lowest BCUT2D eigenvalue weighted by atomic mass is 9.95. The molecule has 1 aromatic heterocycles. The van der Waals surface area contributed by atoms with Gasteiger partial charge in [0.15, 0.2) is 0 Å². The lowest BCUT2D eigenvalue weighted by molar-refractivity contribution is 0.0728. The molecule has 32 heavy (non-hydrogen) atoms. The van der Waals surface area contributed by atoms with E-state index in [-0.39, 0.29) is 23.9 Å². The SMILES string of the molecule is O=C1c2[nH]nc(-c3cc(Cl)ccc3O)c2C(c2ccccc2F)N1Cc1ccccc1Cl. The first-order valence-corrected chi connectivity index (χ1v) is 10.6. The zero-order chi connectivity index (χ0) is 22.4. The lowest BCUT2D eigenvalue weighted by Gasteiger charge is -2.27. The average Bonchev–Trinajstić information content (AvgIpc) is 3.31. The quantitative estimate of drug-likeness (QED) is 0.388. The van der Waals surface area contributed by atoms with E-state index in [9.17, 15) is 14.3 Å². The van der Waals surface area contributed by atoms with Crippen molar-refractivity contribution in [2.75, 3.05) is 0 Å². The van der Waals surface area contributed by atoms with Crippen LogP contribution in [0.4, 0.5) is 4.39 Å². The number of phenols is 1. The van der Waals surface area contributed by atoms with Crippen molar-refractivity contribution in [1.29, 1.82) is 0 Å². The minimum atomic E-state index is -0.776. The van der Waals surface area contributed by atoms with E-state index < -0.39 is 11.9 Å². The summed E-state index contributed by atoms with van der Waals surface area (Å²) >= 11 is 12.5. The number of carbonyl (C=O) groups excluding carboxylic acids is 1. The molecule has 2 heterocycles. The molecule has 5 nitrogen and oxygen atoms in total. The summed E-state index contributed by atoms with van der Waals surface area (Å²) < 4.78 is 15.0. The first-order valence-electron chi connectivity index (χ1n) is 9.81. The highest BCUT2D eigenvalue weighted by molar-refractivity contribution is 6.31. The van der Waals surface area contributed by atoms with E-state index in [1.54, 1.807) is 47.4 Å². The Labute approximate surface area is 193 Å². The molecule has 0 aliphatic carbocycles. The number of H-pyrrole nitrogens is 1. The number of aromatic hydroxyl groups is 1. The maximum Gasteiger partial charge on any atom is 0.273 e. The van der Waals surface area contributed by atoms with Crippen LogP contribution in [0, 0.1) is 5.82 Å². The van der Waals surface area contributed by atoms with Crippen LogP contribution >= 0.6 is 23.2 Å². The van der Waals surface area contributed by atoms with Gasteiger partial charge in [-0.05, 0) is 35.9 Å². The normalized spacial score (nSPS) is 15.3. The van der Waals surface area contributed by atoms with Gasteiger partial charge in [0.25, 0.3) is 5.91 Å². The number of carbonyl (C=O) groups is 1. The number of hydrogen-bond donors (Lipinski definition) is 2. The molecule has 3 aromatic carbocycles. The van der Waals surface area contributed by atoms with Gasteiger partial charge in [-0.15, -0.1) is 0 Å². The maximum absolute atomic E-state index is 15.0. The number of hydrogen-bond acceptors (Lipinski definition) is 3. The number of fused-ring (bicyclic) bond motifs is 1. The number of amides is 1. The van der Waals surface area contributed by atoms with Gasteiger partial charge < -0.3 is 10.0 Å². The van der Waals surface area contributed by atoms with Crippen LogP contribution in [0.2, 0.25) is 10.0 Å². The molecule has 0 saturated carbocycles. The van der Waals surface area contributed by atoms with E-state index in [1.807, 2.05) is 12.1 Å². The Morgan fingerprint density at radius 3 is 2.59 bits per heavy atom. The standard InChI is InChI=1S/C24H16Cl2FN3O2/c25-14-9-10-19(31)16(11-14)21-20-22(29-28-21)24(32)30(12-13-5-1-3-7-17(13)26)23(20)15-6-2-4-8-18(15)27/h1-11,23,31H,12H2,(H,28,29). The van der Waals surface area contributed by atoms with Crippen LogP contribution < -0.4 is 0 Å². The monoisotopic (exact) mass is 467 g/mol. The second-order valence-corrected chi connectivity index (χ2v) is 8.31. The second kappa shape index (κ2) is 7.97. The summed E-state index contributed by atoms with van der Waals surface area (Å²) in [5.41, 5.74) is 2.45. The highest BCUT2D eigenvalue weighted by Crippen LogP contribution is 2.46. The van der Waals surface area contributed by atoms with E-state index in [2.05, 4.69) is 10.2 Å². The van der Waals surface area contributed by atoms with Gasteiger partial charge >= 0.3 is 0 Å². The van der Waals surface area contributed by atoms with Gasteiger partial charge in [-0.2, -0.15) is 5.10 Å². The van der Waals surface area contributed by atoms with Crippen molar-refractivity contribution in [2.24, 2.45) is 0 Å². The Morgan fingerprint density at radius 2 is 1.81 bits per heavy atom. The molecule has 0 fully saturated rings. The second-order valence-electron chi connectivity index (χ2n) is 7.47. The summed E-state index contributed by atoms with van der Waals surface area (Å²) in [5.74, 6) is -0.841. The molecule has 1 atom stereocenters. The van der Waals surface area contributed by atoms with Gasteiger partial charge in [-0.3, -0.25) is 9.89 Å². The summed E-state index contributed by atoms with van der Waals surface area (Å²) in [4.78, 5) is 15.0. The fourth-order valence-electron chi connectivity index (χ4n) is 4.09. The molecule has 8 heteroatoms. The average molecular weight is 468 g/mol. The van der Waals surface area contributed by atoms with E-state index in [0.717, 1.165) is 5.56 Å². The molecular weight excluding hydrogens is 452 g/mol. The molecule has 1 aliphatic heterocycles. The van der Waals surface area contributed by atoms with Crippen molar-refractivity contribution in [3.63, 3.8) is 0 Å². The van der Waals surface area contributed by atoms with Crippen molar-refractivity contribution in [3.05, 3.63) is 105 Å². The zero-order valence-corrected chi connectivity index (χ0v) is 18.0. The highest BCUT2D eigenvalue weighted by Gasteiger charge is 2.43. The Bertz CT molecular complexity index is 1350. The molecule has 0 bridgehead atoms. The van der Waals surface area contributed by atoms with Gasteiger partial charge in [0, 0.05) is 33.3 Å². The number of benzene rings is 3. The first-order chi connectivity index (χ1) is 15.5. The summed E-state index contributed by atoms with van der Waals surface area (Å²) in [6, 6.07) is 17.3. The van der Waals surface area contributed by atoms with Crippen LogP contribution in [-0.2, 0) is 6.54 Å². The van der Waals surface area contributed by atoms with Gasteiger partial charge in [-0.1, -0.05) is 59.6 Å². The van der Waals surface area contributed by atoms with Crippen molar-refractivity contribution in [2.45, 2.75) is 12.6 Å². The number of phenolic OH excluding ortho intramolecular Hbond substituents is 1. The third kappa shape index (κ3) is 3.32. The number of nitrogens with zero attached hydrogens (tertiary/aromatic N) is 2. The molecule has 0 radical (unpaired) electrons. The number of nitrogens with one attached hydrogen (secondary N) is 1. The van der Waals surface area contributed by atoms with E-state index >= 15 is 0 Å². The van der Waals surface area contributed by atoms with Crippen LogP contribution in [0.3, 0.4) is 0 Å². The lowest BCUT2D eigenvalue weighted by Crippen LogP contribution is -2.29. The van der Waals surface area contributed by atoms with Gasteiger partial charge in [0.1, 0.15) is 23.0 Å². The van der Waals surface area contributed by atoms with Crippen molar-refractivity contribution >= 4 is 29.1 Å². The highest BCUT2D eigenvalue weighted by atomic mass is 35.5. The number of halogens is 3. The van der Waals surface area contributed by atoms with Crippen LogP contribution in [0.1, 0.15) is 33.2 Å². The fourth-order valence-corrected chi connectivity index (χ4v) is 4.46. The minimum Gasteiger partial charge on any atom is -0.507 e. The molecule has 0 saturated heterocycles. The van der Waals surface area contributed by atoms with Gasteiger partial charge in [-0.25, -0.2) is 4.39 Å². The van der Waals surface area contributed by atoms with Crippen LogP contribution in [0.15, 0.2) is 66.7 Å². The summed E-state index contributed by atoms with van der Waals surface area (Å²) in [5, 5.41) is 18.4. The van der Waals surface area contributed by atoms with Crippen molar-refractivity contribution in [3.8, 4) is 17.0 Å². The topological polar surface area (TPSA) is 69.2 Å². The predicted octanol–water partition coefficient (Wildman–Crippen LogP) is 5.97. The third-order valence-corrected chi connectivity index (χ3v) is 6.18. The zero-order valence-electron chi connectivity index (χ0n) is 16.5. The van der Waals surface area contributed by atoms with E-state index in [0.29, 0.717) is 32.4 Å². The molecule has 1 unspecified atom stereocenters. The van der Waals surface area contributed by atoms with Crippen LogP contribution in [0.5, 0.6) is 5.75 Å². The molecule has 1 aliphatic rings. The summed E-state index contributed by atoms with van der Waals surface area (Å²) in [6.07, 6.45) is 0. The number of rotatable bonds is 4. The first kappa shape index (κ1) is 20.5. The van der Waals surface area contributed by atoms with Crippen LogP contribution in [0.25, 0.3) is 11.3 Å². The van der Waals surface area contributed by atoms with Crippen LogP contribution in [-0.4, -0.2) is 26.1 Å². The molecule has 160 valence electrons. The third-order valence-electron chi connectivity index (χ3n) is 5.58. The minimum absolute atomic E-state index is 0.0482. The fraction of sp³-hybridized carbons (Fsp3) is 0.0833. The molecule has 5 rings (SSSR count). The Balaban J connectivity index is 1.71.